The molecule has 62 heavy (non-hydrogen) atoms. The number of para-hydroxylation sites is 4. The van der Waals surface area contributed by atoms with E-state index < -0.39 is 0 Å². The summed E-state index contributed by atoms with van der Waals surface area (Å²) in [4.78, 5) is 4.81. The number of rotatable bonds is 7. The SMILES string of the molecule is Cc1ccc(N(c2ccccc2)c2cc3c(c4ccccc24)c2c4ccccc4c(N(c4ccccc4)c4ccc(C)cc4)cc2n3-c2cccc3c2oc2ccccc23)cc1. The highest BCUT2D eigenvalue weighted by Gasteiger charge is 2.27. The summed E-state index contributed by atoms with van der Waals surface area (Å²) in [5.41, 5.74) is 13.9. The van der Waals surface area contributed by atoms with Crippen LogP contribution in [0.5, 0.6) is 0 Å². The van der Waals surface area contributed by atoms with E-state index >= 15 is 0 Å². The number of hydrogen-bond acceptors (Lipinski definition) is 3. The van der Waals surface area contributed by atoms with E-state index in [0.717, 1.165) is 72.8 Å². The maximum Gasteiger partial charge on any atom is 0.159 e. The molecule has 2 heterocycles. The number of aromatic nitrogens is 1. The van der Waals surface area contributed by atoms with Crippen LogP contribution in [0.15, 0.2) is 217 Å². The predicted molar refractivity (Wildman–Crippen MR) is 262 cm³/mol. The largest absolute Gasteiger partial charge is 0.454 e. The van der Waals surface area contributed by atoms with Gasteiger partial charge in [-0.15, -0.1) is 0 Å². The Kier molecular flexibility index (Phi) is 8.26. The number of furan rings is 1. The highest BCUT2D eigenvalue weighted by atomic mass is 16.3. The van der Waals surface area contributed by atoms with E-state index in [-0.39, 0.29) is 0 Å². The van der Waals surface area contributed by atoms with Gasteiger partial charge in [-0.3, -0.25) is 0 Å². The lowest BCUT2D eigenvalue weighted by Crippen LogP contribution is -2.11. The van der Waals surface area contributed by atoms with Crippen molar-refractivity contribution in [3.63, 3.8) is 0 Å². The molecule has 4 nitrogen and oxygen atoms in total. The summed E-state index contributed by atoms with van der Waals surface area (Å²) in [6.07, 6.45) is 0. The Morgan fingerprint density at radius 3 is 1.26 bits per heavy atom. The minimum absolute atomic E-state index is 0.855. The fourth-order valence-corrected chi connectivity index (χ4v) is 9.63. The third kappa shape index (κ3) is 5.61. The molecule has 0 aliphatic heterocycles. The molecule has 10 aromatic carbocycles. The normalized spacial score (nSPS) is 11.7. The van der Waals surface area contributed by atoms with Crippen LogP contribution in [0.4, 0.5) is 34.1 Å². The number of fused-ring (bicyclic) bond motifs is 10. The van der Waals surface area contributed by atoms with Gasteiger partial charge in [0.05, 0.1) is 28.1 Å². The number of aryl methyl sites for hydroxylation is 2. The molecular formula is C58H41N3O. The molecule has 0 aliphatic carbocycles. The highest BCUT2D eigenvalue weighted by molar-refractivity contribution is 6.32. The smallest absolute Gasteiger partial charge is 0.159 e. The maximum absolute atomic E-state index is 6.89. The van der Waals surface area contributed by atoms with E-state index in [4.69, 9.17) is 4.42 Å². The predicted octanol–water partition coefficient (Wildman–Crippen LogP) is 16.5. The number of benzene rings is 10. The summed E-state index contributed by atoms with van der Waals surface area (Å²) in [5, 5.41) is 9.31. The van der Waals surface area contributed by atoms with Gasteiger partial charge in [-0.25, -0.2) is 0 Å². The third-order valence-electron chi connectivity index (χ3n) is 12.5. The lowest BCUT2D eigenvalue weighted by Gasteiger charge is -2.27. The molecule has 0 unspecified atom stereocenters. The van der Waals surface area contributed by atoms with Crippen molar-refractivity contribution in [2.24, 2.45) is 0 Å². The summed E-state index contributed by atoms with van der Waals surface area (Å²) in [5.74, 6) is 0. The summed E-state index contributed by atoms with van der Waals surface area (Å²) >= 11 is 0. The first-order valence-electron chi connectivity index (χ1n) is 21.3. The van der Waals surface area contributed by atoms with Crippen LogP contribution in [0.1, 0.15) is 11.1 Å². The van der Waals surface area contributed by atoms with Gasteiger partial charge in [-0.2, -0.15) is 0 Å². The molecule has 0 spiro atoms. The monoisotopic (exact) mass is 795 g/mol. The van der Waals surface area contributed by atoms with Gasteiger partial charge < -0.3 is 18.8 Å². The lowest BCUT2D eigenvalue weighted by atomic mass is 9.96. The Hall–Kier alpha value is -8.08. The van der Waals surface area contributed by atoms with Gasteiger partial charge >= 0.3 is 0 Å². The Bertz CT molecular complexity index is 3460. The zero-order valence-corrected chi connectivity index (χ0v) is 34.5. The van der Waals surface area contributed by atoms with Crippen molar-refractivity contribution in [1.29, 1.82) is 0 Å². The summed E-state index contributed by atoms with van der Waals surface area (Å²) in [7, 11) is 0. The van der Waals surface area contributed by atoms with Gasteiger partial charge in [-0.1, -0.05) is 151 Å². The topological polar surface area (TPSA) is 24.6 Å². The molecule has 294 valence electrons. The molecule has 0 saturated carbocycles. The number of hydrogen-bond donors (Lipinski definition) is 0. The average molecular weight is 796 g/mol. The van der Waals surface area contributed by atoms with Crippen LogP contribution in [0.3, 0.4) is 0 Å². The number of anilines is 6. The third-order valence-corrected chi connectivity index (χ3v) is 12.5. The van der Waals surface area contributed by atoms with Crippen LogP contribution in [-0.2, 0) is 0 Å². The highest BCUT2D eigenvalue weighted by Crippen LogP contribution is 2.50. The zero-order valence-electron chi connectivity index (χ0n) is 34.5. The molecule has 0 aliphatic rings. The standard InChI is InChI=1S/C58H41N3O/c1-38-28-32-42(33-29-38)59(40-16-5-3-6-17-40)51-36-53-56(47-23-11-9-20-44(47)51)57-48-24-12-10-21-45(48)52(60(41-18-7-4-8-19-41)43-34-30-39(2)31-35-43)37-54(57)61(53)50-26-15-25-49-46-22-13-14-27-55(46)62-58(49)50/h3-37H,1-2H3. The van der Waals surface area contributed by atoms with Crippen molar-refractivity contribution < 1.29 is 4.42 Å². The van der Waals surface area contributed by atoms with E-state index in [1.54, 1.807) is 0 Å². The van der Waals surface area contributed by atoms with Crippen molar-refractivity contribution in [2.45, 2.75) is 13.8 Å². The van der Waals surface area contributed by atoms with Crippen LogP contribution in [0.2, 0.25) is 0 Å². The molecule has 0 amide bonds. The van der Waals surface area contributed by atoms with Crippen molar-refractivity contribution in [1.82, 2.24) is 4.57 Å². The Balaban J connectivity index is 1.28. The molecule has 0 atom stereocenters. The van der Waals surface area contributed by atoms with Gasteiger partial charge in [0.25, 0.3) is 0 Å². The second-order valence-corrected chi connectivity index (χ2v) is 16.3. The molecule has 0 radical (unpaired) electrons. The first-order chi connectivity index (χ1) is 30.6. The minimum atomic E-state index is 0.855. The van der Waals surface area contributed by atoms with E-state index in [1.807, 2.05) is 6.07 Å². The van der Waals surface area contributed by atoms with Gasteiger partial charge in [0, 0.05) is 55.1 Å². The Morgan fingerprint density at radius 2 is 0.758 bits per heavy atom. The second kappa shape index (κ2) is 14.3. The van der Waals surface area contributed by atoms with Gasteiger partial charge in [0.15, 0.2) is 5.58 Å². The molecule has 0 fully saturated rings. The van der Waals surface area contributed by atoms with E-state index in [9.17, 15) is 0 Å². The molecule has 4 heteroatoms. The van der Waals surface area contributed by atoms with Crippen molar-refractivity contribution in [2.75, 3.05) is 9.80 Å². The summed E-state index contributed by atoms with van der Waals surface area (Å²) in [6.45, 7) is 4.29. The lowest BCUT2D eigenvalue weighted by molar-refractivity contribution is 0.666. The molecule has 2 aromatic heterocycles. The van der Waals surface area contributed by atoms with Crippen LogP contribution in [-0.4, -0.2) is 4.57 Å². The molecule has 0 saturated heterocycles. The zero-order chi connectivity index (χ0) is 41.3. The van der Waals surface area contributed by atoms with E-state index in [0.29, 0.717) is 0 Å². The van der Waals surface area contributed by atoms with Crippen LogP contribution < -0.4 is 9.80 Å². The van der Waals surface area contributed by atoms with Gasteiger partial charge in [-0.05, 0) is 97.4 Å². The van der Waals surface area contributed by atoms with Gasteiger partial charge in [0.2, 0.25) is 0 Å². The van der Waals surface area contributed by atoms with Crippen molar-refractivity contribution >= 4 is 99.4 Å². The number of nitrogens with zero attached hydrogens (tertiary/aromatic N) is 3. The van der Waals surface area contributed by atoms with Crippen LogP contribution >= 0.6 is 0 Å². The van der Waals surface area contributed by atoms with Crippen molar-refractivity contribution in [3.05, 3.63) is 223 Å². The molecule has 0 bridgehead atoms. The molecule has 12 aromatic rings. The average Bonchev–Trinajstić information content (AvgIpc) is 3.87. The Morgan fingerprint density at radius 1 is 0.355 bits per heavy atom. The first-order valence-corrected chi connectivity index (χ1v) is 21.3. The van der Waals surface area contributed by atoms with Gasteiger partial charge in [0.1, 0.15) is 5.58 Å². The molecule has 12 rings (SSSR count). The van der Waals surface area contributed by atoms with Crippen LogP contribution in [0.25, 0.3) is 71.0 Å². The molecule has 0 N–H and O–H groups in total. The first kappa shape index (κ1) is 35.8. The quantitative estimate of drug-likeness (QED) is 0.161. The molecular weight excluding hydrogens is 755 g/mol. The summed E-state index contributed by atoms with van der Waals surface area (Å²) in [6, 6.07) is 76.8. The fraction of sp³-hybridized carbons (Fsp3) is 0.0345. The van der Waals surface area contributed by atoms with E-state index in [1.165, 1.54) is 43.4 Å². The maximum atomic E-state index is 6.89. The summed E-state index contributed by atoms with van der Waals surface area (Å²) < 4.78 is 9.36. The van der Waals surface area contributed by atoms with Crippen LogP contribution in [0, 0.1) is 13.8 Å². The fourth-order valence-electron chi connectivity index (χ4n) is 9.63. The minimum Gasteiger partial charge on any atom is -0.454 e. The second-order valence-electron chi connectivity index (χ2n) is 16.3. The van der Waals surface area contributed by atoms with Crippen molar-refractivity contribution in [3.8, 4) is 5.69 Å². The van der Waals surface area contributed by atoms with E-state index in [2.05, 4.69) is 234 Å². The Labute approximate surface area is 359 Å².